The number of rotatable bonds is 4. The maximum absolute atomic E-state index is 12.7. The minimum Gasteiger partial charge on any atom is -0.497 e. The van der Waals surface area contributed by atoms with Gasteiger partial charge in [0, 0.05) is 22.9 Å². The lowest BCUT2D eigenvalue weighted by atomic mass is 10.1. The molecule has 0 spiro atoms. The standard InChI is InChI=1S/C19H19NO5S/c1-11-5-7-14(26(4,22)23)10-16(11)20-19(21)18-12(2)15-9-13(24-3)6-8-17(15)25-18/h5-10H,1-4H3,(H,20,21). The summed E-state index contributed by atoms with van der Waals surface area (Å²) in [6, 6.07) is 9.92. The summed E-state index contributed by atoms with van der Waals surface area (Å²) in [6.07, 6.45) is 1.13. The first kappa shape index (κ1) is 18.0. The van der Waals surface area contributed by atoms with Gasteiger partial charge in [0.15, 0.2) is 15.6 Å². The van der Waals surface area contributed by atoms with E-state index in [9.17, 15) is 13.2 Å². The van der Waals surface area contributed by atoms with Gasteiger partial charge in [-0.25, -0.2) is 8.42 Å². The van der Waals surface area contributed by atoms with E-state index in [4.69, 9.17) is 9.15 Å². The van der Waals surface area contributed by atoms with Crippen LogP contribution in [0.5, 0.6) is 5.75 Å². The molecule has 0 aliphatic heterocycles. The van der Waals surface area contributed by atoms with Crippen molar-refractivity contribution in [3.05, 3.63) is 53.3 Å². The number of nitrogens with one attached hydrogen (secondary N) is 1. The first-order chi connectivity index (χ1) is 12.2. The molecule has 0 saturated carbocycles. The van der Waals surface area contributed by atoms with Crippen molar-refractivity contribution >= 4 is 32.4 Å². The second-order valence-corrected chi connectivity index (χ2v) is 8.14. The molecule has 1 N–H and O–H groups in total. The van der Waals surface area contributed by atoms with Gasteiger partial charge in [-0.2, -0.15) is 0 Å². The van der Waals surface area contributed by atoms with E-state index in [1.54, 1.807) is 45.2 Å². The van der Waals surface area contributed by atoms with E-state index in [1.807, 2.05) is 0 Å². The average molecular weight is 373 g/mol. The molecule has 3 rings (SSSR count). The van der Waals surface area contributed by atoms with Crippen molar-refractivity contribution < 1.29 is 22.4 Å². The van der Waals surface area contributed by atoms with Gasteiger partial charge in [0.2, 0.25) is 0 Å². The highest BCUT2D eigenvalue weighted by molar-refractivity contribution is 7.90. The number of fused-ring (bicyclic) bond motifs is 1. The summed E-state index contributed by atoms with van der Waals surface area (Å²) >= 11 is 0. The van der Waals surface area contributed by atoms with Crippen LogP contribution in [0.3, 0.4) is 0 Å². The molecule has 7 heteroatoms. The smallest absolute Gasteiger partial charge is 0.291 e. The molecular weight excluding hydrogens is 354 g/mol. The van der Waals surface area contributed by atoms with E-state index in [0.29, 0.717) is 22.6 Å². The number of hydrogen-bond donors (Lipinski definition) is 1. The molecule has 0 bridgehead atoms. The van der Waals surface area contributed by atoms with Crippen molar-refractivity contribution in [1.29, 1.82) is 0 Å². The minimum atomic E-state index is -3.37. The van der Waals surface area contributed by atoms with Gasteiger partial charge in [-0.3, -0.25) is 4.79 Å². The SMILES string of the molecule is COc1ccc2oc(C(=O)Nc3cc(S(C)(=O)=O)ccc3C)c(C)c2c1. The number of aryl methyl sites for hydroxylation is 2. The number of sulfone groups is 1. The largest absolute Gasteiger partial charge is 0.497 e. The van der Waals surface area contributed by atoms with Gasteiger partial charge in [0.1, 0.15) is 11.3 Å². The third-order valence-electron chi connectivity index (χ3n) is 4.23. The van der Waals surface area contributed by atoms with Gasteiger partial charge >= 0.3 is 0 Å². The Morgan fingerprint density at radius 1 is 1.12 bits per heavy atom. The fourth-order valence-electron chi connectivity index (χ4n) is 2.69. The van der Waals surface area contributed by atoms with E-state index < -0.39 is 15.7 Å². The number of anilines is 1. The third kappa shape index (κ3) is 3.30. The number of ether oxygens (including phenoxy) is 1. The van der Waals surface area contributed by atoms with Crippen LogP contribution in [0.25, 0.3) is 11.0 Å². The number of benzene rings is 2. The number of amides is 1. The Morgan fingerprint density at radius 3 is 2.50 bits per heavy atom. The summed E-state index contributed by atoms with van der Waals surface area (Å²) in [5, 5.41) is 3.53. The quantitative estimate of drug-likeness (QED) is 0.753. The monoisotopic (exact) mass is 373 g/mol. The molecule has 3 aromatic rings. The Labute approximate surface area is 151 Å². The van der Waals surface area contributed by atoms with Crippen molar-refractivity contribution in [2.24, 2.45) is 0 Å². The molecular formula is C19H19NO5S. The van der Waals surface area contributed by atoms with Crippen LogP contribution in [-0.2, 0) is 9.84 Å². The van der Waals surface area contributed by atoms with E-state index in [1.165, 1.54) is 12.1 Å². The highest BCUT2D eigenvalue weighted by Crippen LogP contribution is 2.30. The molecule has 0 aliphatic carbocycles. The van der Waals surface area contributed by atoms with Crippen LogP contribution in [0, 0.1) is 13.8 Å². The molecule has 0 atom stereocenters. The molecule has 0 fully saturated rings. The summed E-state index contributed by atoms with van der Waals surface area (Å²) in [7, 11) is -1.80. The normalized spacial score (nSPS) is 11.5. The van der Waals surface area contributed by atoms with Crippen molar-refractivity contribution in [2.45, 2.75) is 18.7 Å². The number of furan rings is 1. The van der Waals surface area contributed by atoms with E-state index >= 15 is 0 Å². The summed E-state index contributed by atoms with van der Waals surface area (Å²) in [5.41, 5.74) is 2.44. The van der Waals surface area contributed by atoms with Crippen LogP contribution in [0.2, 0.25) is 0 Å². The second-order valence-electron chi connectivity index (χ2n) is 6.12. The molecule has 1 amide bonds. The van der Waals surface area contributed by atoms with Crippen LogP contribution in [0.15, 0.2) is 45.7 Å². The molecule has 0 saturated heterocycles. The van der Waals surface area contributed by atoms with Crippen molar-refractivity contribution in [3.8, 4) is 5.75 Å². The third-order valence-corrected chi connectivity index (χ3v) is 5.35. The lowest BCUT2D eigenvalue weighted by Crippen LogP contribution is -2.13. The van der Waals surface area contributed by atoms with Crippen LogP contribution in [-0.4, -0.2) is 27.7 Å². The Kier molecular flexibility index (Phi) is 4.50. The second kappa shape index (κ2) is 6.49. The molecule has 0 aliphatic rings. The highest BCUT2D eigenvalue weighted by atomic mass is 32.2. The molecule has 1 aromatic heterocycles. The fraction of sp³-hybridized carbons (Fsp3) is 0.211. The zero-order valence-electron chi connectivity index (χ0n) is 14.9. The first-order valence-corrected chi connectivity index (χ1v) is 9.79. The van der Waals surface area contributed by atoms with Gasteiger partial charge in [0.05, 0.1) is 12.0 Å². The summed E-state index contributed by atoms with van der Waals surface area (Å²) in [4.78, 5) is 12.8. The lowest BCUT2D eigenvalue weighted by Gasteiger charge is -2.09. The average Bonchev–Trinajstić information content (AvgIpc) is 2.92. The van der Waals surface area contributed by atoms with Crippen molar-refractivity contribution in [2.75, 3.05) is 18.7 Å². The predicted octanol–water partition coefficient (Wildman–Crippen LogP) is 3.71. The van der Waals surface area contributed by atoms with Crippen molar-refractivity contribution in [3.63, 3.8) is 0 Å². The van der Waals surface area contributed by atoms with Gasteiger partial charge in [-0.1, -0.05) is 6.07 Å². The zero-order valence-corrected chi connectivity index (χ0v) is 15.7. The zero-order chi connectivity index (χ0) is 19.1. The molecule has 2 aromatic carbocycles. The van der Waals surface area contributed by atoms with Crippen molar-refractivity contribution in [1.82, 2.24) is 0 Å². The number of methoxy groups -OCH3 is 1. The van der Waals surface area contributed by atoms with Crippen LogP contribution in [0.4, 0.5) is 5.69 Å². The summed E-state index contributed by atoms with van der Waals surface area (Å²) < 4.78 is 34.4. The maximum Gasteiger partial charge on any atom is 0.291 e. The predicted molar refractivity (Wildman–Crippen MR) is 99.7 cm³/mol. The highest BCUT2D eigenvalue weighted by Gasteiger charge is 2.19. The van der Waals surface area contributed by atoms with E-state index in [2.05, 4.69) is 5.32 Å². The molecule has 26 heavy (non-hydrogen) atoms. The van der Waals surface area contributed by atoms with Gasteiger partial charge in [-0.05, 0) is 49.7 Å². The van der Waals surface area contributed by atoms with Gasteiger partial charge < -0.3 is 14.5 Å². The molecule has 136 valence electrons. The maximum atomic E-state index is 12.7. The lowest BCUT2D eigenvalue weighted by molar-refractivity contribution is 0.0997. The van der Waals surface area contributed by atoms with Gasteiger partial charge in [0.25, 0.3) is 5.91 Å². The van der Waals surface area contributed by atoms with Crippen LogP contribution in [0.1, 0.15) is 21.7 Å². The number of carbonyl (C=O) groups excluding carboxylic acids is 1. The van der Waals surface area contributed by atoms with E-state index in [0.717, 1.165) is 17.2 Å². The summed E-state index contributed by atoms with van der Waals surface area (Å²) in [5.74, 6) is 0.411. The Balaban J connectivity index is 1.98. The molecule has 0 radical (unpaired) electrons. The molecule has 6 nitrogen and oxygen atoms in total. The Bertz CT molecular complexity index is 1110. The summed E-state index contributed by atoms with van der Waals surface area (Å²) in [6.45, 7) is 3.58. The van der Waals surface area contributed by atoms with Crippen LogP contribution < -0.4 is 10.1 Å². The topological polar surface area (TPSA) is 85.6 Å². The van der Waals surface area contributed by atoms with E-state index in [-0.39, 0.29) is 10.7 Å². The number of hydrogen-bond acceptors (Lipinski definition) is 5. The van der Waals surface area contributed by atoms with Crippen LogP contribution >= 0.6 is 0 Å². The number of carbonyl (C=O) groups is 1. The minimum absolute atomic E-state index is 0.143. The fourth-order valence-corrected chi connectivity index (χ4v) is 3.34. The van der Waals surface area contributed by atoms with Gasteiger partial charge in [-0.15, -0.1) is 0 Å². The first-order valence-electron chi connectivity index (χ1n) is 7.90. The molecule has 1 heterocycles. The molecule has 0 unspecified atom stereocenters. The Morgan fingerprint density at radius 2 is 1.85 bits per heavy atom. The Hall–Kier alpha value is -2.80.